The van der Waals surface area contributed by atoms with E-state index in [1.807, 2.05) is 24.3 Å². The van der Waals surface area contributed by atoms with Crippen molar-refractivity contribution in [2.45, 2.75) is 0 Å². The van der Waals surface area contributed by atoms with Crippen LogP contribution in [0.25, 0.3) is 0 Å². The zero-order chi connectivity index (χ0) is 20.1. The molecule has 3 rings (SSSR count). The summed E-state index contributed by atoms with van der Waals surface area (Å²) in [5.41, 5.74) is 1.77. The van der Waals surface area contributed by atoms with E-state index in [9.17, 15) is 8.42 Å². The molecule has 3 N–H and O–H groups in total. The molecule has 0 unspecified atom stereocenters. The van der Waals surface area contributed by atoms with Crippen molar-refractivity contribution in [2.75, 3.05) is 28.7 Å². The van der Waals surface area contributed by atoms with Crippen molar-refractivity contribution in [1.82, 2.24) is 9.97 Å². The van der Waals surface area contributed by atoms with Crippen LogP contribution in [0.1, 0.15) is 0 Å². The highest BCUT2D eigenvalue weighted by molar-refractivity contribution is 9.10. The van der Waals surface area contributed by atoms with E-state index >= 15 is 0 Å². The fraction of sp³-hybridized carbons (Fsp3) is 0.111. The molecule has 0 aliphatic heterocycles. The summed E-state index contributed by atoms with van der Waals surface area (Å²) in [4.78, 5) is 8.70. The third-order valence-electron chi connectivity index (χ3n) is 3.57. The summed E-state index contributed by atoms with van der Waals surface area (Å²) in [6.07, 6.45) is 2.70. The molecule has 10 heteroatoms. The van der Waals surface area contributed by atoms with Crippen molar-refractivity contribution in [2.24, 2.45) is 0 Å². The minimum absolute atomic E-state index is 0.379. The van der Waals surface area contributed by atoms with Crippen LogP contribution in [-0.4, -0.2) is 31.8 Å². The number of benzene rings is 2. The van der Waals surface area contributed by atoms with Crippen LogP contribution in [0.5, 0.6) is 5.75 Å². The third-order valence-corrected chi connectivity index (χ3v) is 4.74. The first-order valence-electron chi connectivity index (χ1n) is 8.11. The number of hydrogen-bond acceptors (Lipinski definition) is 7. The maximum atomic E-state index is 11.6. The number of aromatic nitrogens is 2. The van der Waals surface area contributed by atoms with E-state index in [2.05, 4.69) is 41.3 Å². The second kappa shape index (κ2) is 8.44. The summed E-state index contributed by atoms with van der Waals surface area (Å²) in [5.74, 6) is 1.61. The number of sulfonamides is 1. The van der Waals surface area contributed by atoms with Crippen molar-refractivity contribution in [1.29, 1.82) is 0 Å². The Morgan fingerprint density at radius 3 is 2.32 bits per heavy atom. The lowest BCUT2D eigenvalue weighted by molar-refractivity contribution is 0.415. The van der Waals surface area contributed by atoms with Gasteiger partial charge in [-0.25, -0.2) is 13.4 Å². The molecule has 146 valence electrons. The molecule has 3 aromatic rings. The van der Waals surface area contributed by atoms with Crippen LogP contribution in [0.3, 0.4) is 0 Å². The van der Waals surface area contributed by atoms with Crippen molar-refractivity contribution in [3.8, 4) is 5.75 Å². The maximum Gasteiger partial charge on any atom is 0.229 e. The Labute approximate surface area is 171 Å². The van der Waals surface area contributed by atoms with Gasteiger partial charge in [-0.3, -0.25) is 4.72 Å². The molecule has 0 aliphatic rings. The topological polar surface area (TPSA) is 105 Å². The Morgan fingerprint density at radius 2 is 1.68 bits per heavy atom. The number of ether oxygens (including phenoxy) is 1. The lowest BCUT2D eigenvalue weighted by atomic mass is 10.2. The van der Waals surface area contributed by atoms with Crippen molar-refractivity contribution in [3.05, 3.63) is 59.2 Å². The first-order valence-corrected chi connectivity index (χ1v) is 10.8. The Morgan fingerprint density at radius 1 is 1.00 bits per heavy atom. The largest absolute Gasteiger partial charge is 0.497 e. The Bertz CT molecular complexity index is 1070. The zero-order valence-electron chi connectivity index (χ0n) is 15.1. The summed E-state index contributed by atoms with van der Waals surface area (Å²) in [5, 5.41) is 6.23. The molecule has 0 radical (unpaired) electrons. The predicted octanol–water partition coefficient (Wildman–Crippen LogP) is 4.11. The summed E-state index contributed by atoms with van der Waals surface area (Å²) in [6, 6.07) is 14.3. The quantitative estimate of drug-likeness (QED) is 0.484. The fourth-order valence-electron chi connectivity index (χ4n) is 2.33. The average molecular weight is 464 g/mol. The van der Waals surface area contributed by atoms with Crippen LogP contribution in [0.15, 0.2) is 59.2 Å². The number of hydrogen-bond donors (Lipinski definition) is 3. The molecule has 0 aliphatic carbocycles. The lowest BCUT2D eigenvalue weighted by Gasteiger charge is -2.14. The highest BCUT2D eigenvalue weighted by atomic mass is 79.9. The number of nitrogens with one attached hydrogen (secondary N) is 3. The molecule has 2 aromatic carbocycles. The molecule has 1 heterocycles. The normalized spacial score (nSPS) is 11.0. The van der Waals surface area contributed by atoms with Crippen LogP contribution in [0.2, 0.25) is 0 Å². The van der Waals surface area contributed by atoms with Gasteiger partial charge >= 0.3 is 0 Å². The van der Waals surface area contributed by atoms with E-state index in [0.717, 1.165) is 17.7 Å². The van der Waals surface area contributed by atoms with E-state index in [1.165, 1.54) is 0 Å². The number of rotatable bonds is 7. The standard InChI is InChI=1S/C18H18BrN5O3S/c1-27-13-9-7-12(8-10-13)21-18-20-11-14(19)17(23-18)22-15-5-3-4-6-16(15)24-28(2,25)26/h3-11,24H,1-2H3,(H2,20,21,22,23). The number of methoxy groups -OCH3 is 1. The minimum atomic E-state index is -3.41. The van der Waals surface area contributed by atoms with Gasteiger partial charge in [-0.15, -0.1) is 0 Å². The second-order valence-electron chi connectivity index (χ2n) is 5.79. The van der Waals surface area contributed by atoms with Gasteiger partial charge in [0.25, 0.3) is 0 Å². The molecule has 0 saturated carbocycles. The Balaban J connectivity index is 1.84. The van der Waals surface area contributed by atoms with Gasteiger partial charge in [0.2, 0.25) is 16.0 Å². The number of halogens is 1. The van der Waals surface area contributed by atoms with Crippen LogP contribution in [0, 0.1) is 0 Å². The van der Waals surface area contributed by atoms with E-state index in [0.29, 0.717) is 27.6 Å². The highest BCUT2D eigenvalue weighted by Crippen LogP contribution is 2.30. The monoisotopic (exact) mass is 463 g/mol. The smallest absolute Gasteiger partial charge is 0.229 e. The second-order valence-corrected chi connectivity index (χ2v) is 8.39. The average Bonchev–Trinajstić information content (AvgIpc) is 2.65. The van der Waals surface area contributed by atoms with E-state index in [4.69, 9.17) is 4.74 Å². The predicted molar refractivity (Wildman–Crippen MR) is 114 cm³/mol. The first-order chi connectivity index (χ1) is 13.3. The molecule has 1 aromatic heterocycles. The zero-order valence-corrected chi connectivity index (χ0v) is 17.5. The number of nitrogens with zero attached hydrogens (tertiary/aromatic N) is 2. The van der Waals surface area contributed by atoms with Crippen molar-refractivity contribution < 1.29 is 13.2 Å². The fourth-order valence-corrected chi connectivity index (χ4v) is 3.19. The first kappa shape index (κ1) is 19.9. The summed E-state index contributed by atoms with van der Waals surface area (Å²) < 4.78 is 31.4. The maximum absolute atomic E-state index is 11.6. The van der Waals surface area contributed by atoms with Gasteiger partial charge in [0.15, 0.2) is 0 Å². The van der Waals surface area contributed by atoms with Gasteiger partial charge in [-0.1, -0.05) is 12.1 Å². The highest BCUT2D eigenvalue weighted by Gasteiger charge is 2.11. The number of anilines is 5. The molecule has 0 bridgehead atoms. The SMILES string of the molecule is COc1ccc(Nc2ncc(Br)c(Nc3ccccc3NS(C)(=O)=O)n2)cc1. The molecular weight excluding hydrogens is 446 g/mol. The van der Waals surface area contributed by atoms with Crippen LogP contribution >= 0.6 is 15.9 Å². The van der Waals surface area contributed by atoms with Gasteiger partial charge in [0.1, 0.15) is 11.6 Å². The van der Waals surface area contributed by atoms with Crippen LogP contribution in [-0.2, 0) is 10.0 Å². The van der Waals surface area contributed by atoms with Crippen LogP contribution in [0.4, 0.5) is 28.8 Å². The Hall–Kier alpha value is -2.85. The minimum Gasteiger partial charge on any atom is -0.497 e. The lowest BCUT2D eigenvalue weighted by Crippen LogP contribution is -2.11. The van der Waals surface area contributed by atoms with Crippen molar-refractivity contribution >= 4 is 54.8 Å². The summed E-state index contributed by atoms with van der Waals surface area (Å²) in [6.45, 7) is 0. The van der Waals surface area contributed by atoms with Gasteiger partial charge in [0, 0.05) is 11.9 Å². The van der Waals surface area contributed by atoms with Gasteiger partial charge in [-0.2, -0.15) is 4.98 Å². The van der Waals surface area contributed by atoms with E-state index < -0.39 is 10.0 Å². The van der Waals surface area contributed by atoms with Crippen LogP contribution < -0.4 is 20.1 Å². The molecular formula is C18H18BrN5O3S. The van der Waals surface area contributed by atoms with Gasteiger partial charge in [-0.05, 0) is 52.3 Å². The molecule has 8 nitrogen and oxygen atoms in total. The molecule has 0 atom stereocenters. The molecule has 28 heavy (non-hydrogen) atoms. The van der Waals surface area contributed by atoms with Gasteiger partial charge in [0.05, 0.1) is 29.2 Å². The summed E-state index contributed by atoms with van der Waals surface area (Å²) in [7, 11) is -1.81. The summed E-state index contributed by atoms with van der Waals surface area (Å²) >= 11 is 3.41. The van der Waals surface area contributed by atoms with Gasteiger partial charge < -0.3 is 15.4 Å². The molecule has 0 spiro atoms. The third kappa shape index (κ3) is 5.33. The molecule has 0 amide bonds. The number of para-hydroxylation sites is 2. The Kier molecular flexibility index (Phi) is 6.00. The van der Waals surface area contributed by atoms with E-state index in [-0.39, 0.29) is 0 Å². The van der Waals surface area contributed by atoms with Crippen molar-refractivity contribution in [3.63, 3.8) is 0 Å². The van der Waals surface area contributed by atoms with E-state index in [1.54, 1.807) is 37.6 Å². The molecule has 0 fully saturated rings. The molecule has 0 saturated heterocycles.